The molecule has 0 aromatic carbocycles. The van der Waals surface area contributed by atoms with E-state index < -0.39 is 0 Å². The molecule has 0 saturated heterocycles. The van der Waals surface area contributed by atoms with Crippen molar-refractivity contribution in [1.29, 1.82) is 0 Å². The van der Waals surface area contributed by atoms with Crippen LogP contribution in [0.3, 0.4) is 0 Å². The van der Waals surface area contributed by atoms with Crippen molar-refractivity contribution < 1.29 is 4.79 Å². The molecule has 1 amide bonds. The first-order chi connectivity index (χ1) is 4.31. The third-order valence-electron chi connectivity index (χ3n) is 1.11. The summed E-state index contributed by atoms with van der Waals surface area (Å²) in [6, 6.07) is 0.329. The Balaban J connectivity index is 3.04. The van der Waals surface area contributed by atoms with Gasteiger partial charge in [-0.25, -0.2) is 0 Å². The Hall–Kier alpha value is -0.180. The molecular formula is C6H13NOS. The first kappa shape index (κ1) is 8.82. The Kier molecular flexibility index (Phi) is 5.83. The zero-order valence-corrected chi connectivity index (χ0v) is 6.70. The fourth-order valence-corrected chi connectivity index (χ4v) is 1.08. The van der Waals surface area contributed by atoms with Crippen molar-refractivity contribution in [3.63, 3.8) is 0 Å². The predicted octanol–water partition coefficient (Wildman–Crippen LogP) is 0.874. The Morgan fingerprint density at radius 3 is 2.89 bits per heavy atom. The SMILES string of the molecule is CSCCC(C)NC=O. The van der Waals surface area contributed by atoms with E-state index >= 15 is 0 Å². The summed E-state index contributed by atoms with van der Waals surface area (Å²) >= 11 is 1.80. The normalized spacial score (nSPS) is 12.7. The highest BCUT2D eigenvalue weighted by molar-refractivity contribution is 7.98. The molecule has 2 nitrogen and oxygen atoms in total. The molecule has 0 spiro atoms. The molecule has 0 aliphatic rings. The van der Waals surface area contributed by atoms with Crippen molar-refractivity contribution in [1.82, 2.24) is 5.32 Å². The van der Waals surface area contributed by atoms with Crippen LogP contribution in [0.4, 0.5) is 0 Å². The second-order valence-corrected chi connectivity index (χ2v) is 2.95. The Morgan fingerprint density at radius 2 is 2.44 bits per heavy atom. The van der Waals surface area contributed by atoms with Gasteiger partial charge in [-0.3, -0.25) is 4.79 Å². The Bertz CT molecular complexity index is 77.5. The molecule has 1 unspecified atom stereocenters. The van der Waals surface area contributed by atoms with Gasteiger partial charge in [-0.1, -0.05) is 0 Å². The Morgan fingerprint density at radius 1 is 1.78 bits per heavy atom. The van der Waals surface area contributed by atoms with Crippen LogP contribution in [0, 0.1) is 0 Å². The highest BCUT2D eigenvalue weighted by atomic mass is 32.2. The van der Waals surface area contributed by atoms with Crippen LogP contribution in [0.15, 0.2) is 0 Å². The highest BCUT2D eigenvalue weighted by Gasteiger charge is 1.95. The summed E-state index contributed by atoms with van der Waals surface area (Å²) in [6.07, 6.45) is 3.87. The lowest BCUT2D eigenvalue weighted by Crippen LogP contribution is -2.24. The molecule has 54 valence electrons. The number of carbonyl (C=O) groups excluding carboxylic acids is 1. The van der Waals surface area contributed by atoms with E-state index in [1.54, 1.807) is 11.8 Å². The predicted molar refractivity (Wildman–Crippen MR) is 41.7 cm³/mol. The van der Waals surface area contributed by atoms with Crippen LogP contribution in [0.5, 0.6) is 0 Å². The molecule has 0 radical (unpaired) electrons. The minimum atomic E-state index is 0.329. The zero-order chi connectivity index (χ0) is 7.11. The lowest BCUT2D eigenvalue weighted by molar-refractivity contribution is -0.110. The van der Waals surface area contributed by atoms with Gasteiger partial charge in [-0.2, -0.15) is 11.8 Å². The monoisotopic (exact) mass is 147 g/mol. The van der Waals surface area contributed by atoms with Gasteiger partial charge >= 0.3 is 0 Å². The number of hydrogen-bond donors (Lipinski definition) is 1. The van der Waals surface area contributed by atoms with E-state index in [1.165, 1.54) is 0 Å². The minimum Gasteiger partial charge on any atom is -0.356 e. The van der Waals surface area contributed by atoms with Crippen molar-refractivity contribution in [2.75, 3.05) is 12.0 Å². The van der Waals surface area contributed by atoms with Crippen molar-refractivity contribution in [3.8, 4) is 0 Å². The number of amides is 1. The number of nitrogens with one attached hydrogen (secondary N) is 1. The summed E-state index contributed by atoms with van der Waals surface area (Å²) in [6.45, 7) is 2.00. The molecule has 0 aromatic heterocycles. The molecule has 0 saturated carbocycles. The van der Waals surface area contributed by atoms with E-state index in [-0.39, 0.29) is 0 Å². The van der Waals surface area contributed by atoms with Gasteiger partial charge in [0.25, 0.3) is 0 Å². The van der Waals surface area contributed by atoms with E-state index in [2.05, 4.69) is 11.6 Å². The third kappa shape index (κ3) is 5.69. The van der Waals surface area contributed by atoms with Crippen LogP contribution < -0.4 is 5.32 Å². The average molecular weight is 147 g/mol. The molecule has 9 heavy (non-hydrogen) atoms. The fourth-order valence-electron chi connectivity index (χ4n) is 0.494. The fraction of sp³-hybridized carbons (Fsp3) is 0.833. The number of carbonyl (C=O) groups is 1. The van der Waals surface area contributed by atoms with E-state index in [9.17, 15) is 4.79 Å². The van der Waals surface area contributed by atoms with Gasteiger partial charge in [0.15, 0.2) is 0 Å². The van der Waals surface area contributed by atoms with Crippen LogP contribution in [-0.4, -0.2) is 24.5 Å². The van der Waals surface area contributed by atoms with Gasteiger partial charge in [-0.05, 0) is 25.4 Å². The standard InChI is InChI=1S/C6H13NOS/c1-6(7-5-8)3-4-9-2/h5-6H,3-4H2,1-2H3,(H,7,8). The summed E-state index contributed by atoms with van der Waals surface area (Å²) in [7, 11) is 0. The van der Waals surface area contributed by atoms with Crippen LogP contribution in [-0.2, 0) is 4.79 Å². The second-order valence-electron chi connectivity index (χ2n) is 1.97. The minimum absolute atomic E-state index is 0.329. The summed E-state index contributed by atoms with van der Waals surface area (Å²) < 4.78 is 0. The first-order valence-corrected chi connectivity index (χ1v) is 4.39. The molecule has 0 aromatic rings. The van der Waals surface area contributed by atoms with Crippen molar-refractivity contribution >= 4 is 18.2 Å². The zero-order valence-electron chi connectivity index (χ0n) is 5.89. The number of hydrogen-bond acceptors (Lipinski definition) is 2. The maximum atomic E-state index is 9.86. The van der Waals surface area contributed by atoms with Gasteiger partial charge in [0.05, 0.1) is 0 Å². The maximum absolute atomic E-state index is 9.86. The van der Waals surface area contributed by atoms with Crippen LogP contribution in [0.1, 0.15) is 13.3 Å². The molecule has 1 N–H and O–H groups in total. The van der Waals surface area contributed by atoms with Crippen molar-refractivity contribution in [2.45, 2.75) is 19.4 Å². The molecule has 0 aliphatic heterocycles. The molecule has 0 aliphatic carbocycles. The van der Waals surface area contributed by atoms with Gasteiger partial charge < -0.3 is 5.32 Å². The topological polar surface area (TPSA) is 29.1 Å². The largest absolute Gasteiger partial charge is 0.356 e. The van der Waals surface area contributed by atoms with Crippen LogP contribution >= 0.6 is 11.8 Å². The van der Waals surface area contributed by atoms with Gasteiger partial charge in [0.2, 0.25) is 6.41 Å². The van der Waals surface area contributed by atoms with Crippen LogP contribution in [0.25, 0.3) is 0 Å². The Labute approximate surface area is 60.4 Å². The molecule has 0 bridgehead atoms. The van der Waals surface area contributed by atoms with E-state index in [0.717, 1.165) is 18.6 Å². The molecule has 0 rings (SSSR count). The summed E-state index contributed by atoms with van der Waals surface area (Å²) in [4.78, 5) is 9.86. The smallest absolute Gasteiger partial charge is 0.207 e. The quantitative estimate of drug-likeness (QED) is 0.585. The van der Waals surface area contributed by atoms with Gasteiger partial charge in [-0.15, -0.1) is 0 Å². The van der Waals surface area contributed by atoms with E-state index in [4.69, 9.17) is 0 Å². The summed E-state index contributed by atoms with van der Waals surface area (Å²) in [5, 5.41) is 2.69. The number of rotatable bonds is 5. The lowest BCUT2D eigenvalue weighted by Gasteiger charge is -2.06. The van der Waals surface area contributed by atoms with E-state index in [0.29, 0.717) is 6.04 Å². The van der Waals surface area contributed by atoms with Crippen molar-refractivity contribution in [2.24, 2.45) is 0 Å². The molecular weight excluding hydrogens is 134 g/mol. The first-order valence-electron chi connectivity index (χ1n) is 3.00. The average Bonchev–Trinajstić information content (AvgIpc) is 1.85. The molecule has 0 heterocycles. The van der Waals surface area contributed by atoms with Gasteiger partial charge in [0.1, 0.15) is 0 Å². The van der Waals surface area contributed by atoms with Crippen LogP contribution in [0.2, 0.25) is 0 Å². The lowest BCUT2D eigenvalue weighted by atomic mass is 10.3. The number of thioether (sulfide) groups is 1. The second kappa shape index (κ2) is 5.95. The third-order valence-corrected chi connectivity index (χ3v) is 1.75. The summed E-state index contributed by atoms with van der Waals surface area (Å²) in [5.41, 5.74) is 0. The van der Waals surface area contributed by atoms with E-state index in [1.807, 2.05) is 6.92 Å². The maximum Gasteiger partial charge on any atom is 0.207 e. The molecule has 0 fully saturated rings. The van der Waals surface area contributed by atoms with Gasteiger partial charge in [0, 0.05) is 6.04 Å². The summed E-state index contributed by atoms with van der Waals surface area (Å²) in [5.74, 6) is 1.11. The molecule has 3 heteroatoms. The highest BCUT2D eigenvalue weighted by Crippen LogP contribution is 1.98. The molecule has 1 atom stereocenters. The van der Waals surface area contributed by atoms with Crippen molar-refractivity contribution in [3.05, 3.63) is 0 Å².